The fraction of sp³-hybridized carbons (Fsp3) is 0.385. The van der Waals surface area contributed by atoms with Crippen LogP contribution in [0.4, 0.5) is 0 Å². The first-order chi connectivity index (χ1) is 19.3. The minimum absolute atomic E-state index is 0.191. The summed E-state index contributed by atoms with van der Waals surface area (Å²) in [5.74, 6) is 0. The largest absolute Gasteiger partial charge is 0.0619 e. The normalized spacial score (nSPS) is 22.8. The molecule has 0 heteroatoms. The second-order valence-corrected chi connectivity index (χ2v) is 13.8. The molecule has 0 aromatic heterocycles. The van der Waals surface area contributed by atoms with Crippen molar-refractivity contribution < 1.29 is 0 Å². The van der Waals surface area contributed by atoms with Gasteiger partial charge in [-0.05, 0) is 105 Å². The highest BCUT2D eigenvalue weighted by molar-refractivity contribution is 6.05. The van der Waals surface area contributed by atoms with Crippen LogP contribution in [0.15, 0.2) is 72.8 Å². The van der Waals surface area contributed by atoms with E-state index in [-0.39, 0.29) is 16.2 Å². The van der Waals surface area contributed by atoms with Crippen LogP contribution < -0.4 is 0 Å². The van der Waals surface area contributed by atoms with Crippen molar-refractivity contribution in [1.29, 1.82) is 0 Å². The summed E-state index contributed by atoms with van der Waals surface area (Å²) in [5, 5.41) is 0. The second-order valence-electron chi connectivity index (χ2n) is 13.8. The van der Waals surface area contributed by atoms with Crippen molar-refractivity contribution in [2.75, 3.05) is 0 Å². The fourth-order valence-electron chi connectivity index (χ4n) is 11.2. The maximum Gasteiger partial charge on any atom is 0.0221 e. The van der Waals surface area contributed by atoms with Gasteiger partial charge in [0.2, 0.25) is 0 Å². The van der Waals surface area contributed by atoms with Crippen molar-refractivity contribution in [3.05, 3.63) is 106 Å². The van der Waals surface area contributed by atoms with Gasteiger partial charge in [0, 0.05) is 16.2 Å². The van der Waals surface area contributed by atoms with Gasteiger partial charge in [0.05, 0.1) is 0 Å². The number of fused-ring (bicyclic) bond motifs is 18. The van der Waals surface area contributed by atoms with Crippen LogP contribution in [0, 0.1) is 0 Å². The Morgan fingerprint density at radius 1 is 0.333 bits per heavy atom. The third-order valence-electron chi connectivity index (χ3n) is 12.4. The van der Waals surface area contributed by atoms with Crippen molar-refractivity contribution in [1.82, 2.24) is 0 Å². The van der Waals surface area contributed by atoms with Crippen molar-refractivity contribution >= 4 is 0 Å². The van der Waals surface area contributed by atoms with Gasteiger partial charge in [-0.2, -0.15) is 0 Å². The zero-order valence-electron chi connectivity index (χ0n) is 22.9. The lowest BCUT2D eigenvalue weighted by Gasteiger charge is -2.35. The lowest BCUT2D eigenvalue weighted by atomic mass is 9.67. The van der Waals surface area contributed by atoms with Gasteiger partial charge >= 0.3 is 0 Å². The molecular weight excluding hydrogens is 468 g/mol. The van der Waals surface area contributed by atoms with E-state index in [1.165, 1.54) is 77.0 Å². The van der Waals surface area contributed by atoms with Crippen molar-refractivity contribution in [2.45, 2.75) is 93.3 Å². The van der Waals surface area contributed by atoms with Crippen LogP contribution in [-0.4, -0.2) is 0 Å². The Morgan fingerprint density at radius 2 is 0.590 bits per heavy atom. The van der Waals surface area contributed by atoms with E-state index in [1.807, 2.05) is 0 Å². The van der Waals surface area contributed by atoms with E-state index >= 15 is 0 Å². The molecule has 3 saturated carbocycles. The molecule has 0 N–H and O–H groups in total. The Morgan fingerprint density at radius 3 is 0.872 bits per heavy atom. The van der Waals surface area contributed by atoms with Gasteiger partial charge in [-0.3, -0.25) is 0 Å². The molecular formula is C39H36. The molecule has 0 bridgehead atoms. The minimum Gasteiger partial charge on any atom is -0.0619 e. The summed E-state index contributed by atoms with van der Waals surface area (Å²) in [5.41, 5.74) is 20.6. The number of hydrogen-bond donors (Lipinski definition) is 0. The highest BCUT2D eigenvalue weighted by Crippen LogP contribution is 2.72. The summed E-state index contributed by atoms with van der Waals surface area (Å²) in [6.07, 6.45) is 16.1. The summed E-state index contributed by atoms with van der Waals surface area (Å²) in [4.78, 5) is 0. The number of hydrogen-bond acceptors (Lipinski definition) is 0. The maximum atomic E-state index is 2.52. The molecule has 0 saturated heterocycles. The highest BCUT2D eigenvalue weighted by atomic mass is 14.6. The Bertz CT molecular complexity index is 1490. The van der Waals surface area contributed by atoms with Crippen LogP contribution >= 0.6 is 0 Å². The van der Waals surface area contributed by atoms with E-state index in [0.717, 1.165) is 0 Å². The van der Waals surface area contributed by atoms with Gasteiger partial charge in [-0.15, -0.1) is 0 Å². The summed E-state index contributed by atoms with van der Waals surface area (Å²) in [6.45, 7) is 0. The average molecular weight is 505 g/mol. The summed E-state index contributed by atoms with van der Waals surface area (Å²) in [7, 11) is 0. The van der Waals surface area contributed by atoms with E-state index in [2.05, 4.69) is 72.8 Å². The van der Waals surface area contributed by atoms with Gasteiger partial charge < -0.3 is 0 Å². The molecule has 3 spiro atoms. The van der Waals surface area contributed by atoms with Crippen LogP contribution in [0.3, 0.4) is 0 Å². The average Bonchev–Trinajstić information content (AvgIpc) is 3.84. The molecule has 0 radical (unpaired) electrons. The van der Waals surface area contributed by atoms with Crippen molar-refractivity contribution in [2.24, 2.45) is 0 Å². The number of rotatable bonds is 0. The first-order valence-corrected chi connectivity index (χ1v) is 15.9. The Labute approximate surface area is 232 Å². The van der Waals surface area contributed by atoms with E-state index in [0.29, 0.717) is 0 Å². The van der Waals surface area contributed by atoms with E-state index < -0.39 is 0 Å². The molecule has 0 heterocycles. The Kier molecular flexibility index (Phi) is 3.97. The standard InChI is InChI=1S/C39H36/c1-4-16-28-25(13-1)31-34(37(28)19-7-8-20-37)32-27-15-3-6-18-30(27)39(23-11-12-24-39)36(32)33-26-14-2-5-17-29(26)38(35(31)33)21-9-10-22-38/h1-6,13-18H,7-12,19-24H2. The lowest BCUT2D eigenvalue weighted by Crippen LogP contribution is -2.26. The first kappa shape index (κ1) is 21.7. The molecule has 192 valence electrons. The molecule has 3 fully saturated rings. The highest BCUT2D eigenvalue weighted by Gasteiger charge is 2.58. The Balaban J connectivity index is 1.48. The molecule has 4 aromatic rings. The predicted molar refractivity (Wildman–Crippen MR) is 160 cm³/mol. The minimum atomic E-state index is 0.191. The van der Waals surface area contributed by atoms with Gasteiger partial charge in [0.1, 0.15) is 0 Å². The summed E-state index contributed by atoms with van der Waals surface area (Å²) >= 11 is 0. The van der Waals surface area contributed by atoms with E-state index in [1.54, 1.807) is 66.8 Å². The van der Waals surface area contributed by atoms with Gasteiger partial charge in [0.25, 0.3) is 0 Å². The molecule has 6 aliphatic rings. The summed E-state index contributed by atoms with van der Waals surface area (Å²) in [6, 6.07) is 29.1. The maximum absolute atomic E-state index is 2.52. The van der Waals surface area contributed by atoms with Gasteiger partial charge in [-0.25, -0.2) is 0 Å². The molecule has 0 amide bonds. The third-order valence-corrected chi connectivity index (χ3v) is 12.4. The number of benzene rings is 4. The molecule has 0 nitrogen and oxygen atoms in total. The molecule has 0 aliphatic heterocycles. The van der Waals surface area contributed by atoms with Crippen LogP contribution in [0.25, 0.3) is 33.4 Å². The van der Waals surface area contributed by atoms with E-state index in [4.69, 9.17) is 0 Å². The van der Waals surface area contributed by atoms with Gasteiger partial charge in [0.15, 0.2) is 0 Å². The molecule has 39 heavy (non-hydrogen) atoms. The predicted octanol–water partition coefficient (Wildman–Crippen LogP) is 10.2. The van der Waals surface area contributed by atoms with Crippen LogP contribution in [-0.2, 0) is 16.2 Å². The SMILES string of the molecule is c1ccc2c(c1)-c1c(c3c(c4c1C1(CCCC1)c1ccccc1-4)C1(CCCC1)c1ccccc1-3)C21CCCC1. The lowest BCUT2D eigenvalue weighted by molar-refractivity contribution is 0.530. The zero-order chi connectivity index (χ0) is 25.4. The smallest absolute Gasteiger partial charge is 0.0221 e. The fourth-order valence-corrected chi connectivity index (χ4v) is 11.2. The van der Waals surface area contributed by atoms with Crippen LogP contribution in [0.1, 0.15) is 110 Å². The molecule has 6 aliphatic carbocycles. The second kappa shape index (κ2) is 7.14. The quantitative estimate of drug-likeness (QED) is 0.223. The van der Waals surface area contributed by atoms with Crippen molar-refractivity contribution in [3.63, 3.8) is 0 Å². The summed E-state index contributed by atoms with van der Waals surface area (Å²) < 4.78 is 0. The topological polar surface area (TPSA) is 0 Å². The monoisotopic (exact) mass is 504 g/mol. The zero-order valence-corrected chi connectivity index (χ0v) is 22.9. The molecule has 0 unspecified atom stereocenters. The van der Waals surface area contributed by atoms with Crippen LogP contribution in [0.5, 0.6) is 0 Å². The third kappa shape index (κ3) is 2.27. The van der Waals surface area contributed by atoms with Crippen LogP contribution in [0.2, 0.25) is 0 Å². The first-order valence-electron chi connectivity index (χ1n) is 15.9. The molecule has 4 aromatic carbocycles. The van der Waals surface area contributed by atoms with Crippen molar-refractivity contribution in [3.8, 4) is 33.4 Å². The molecule has 0 atom stereocenters. The molecule has 10 rings (SSSR count). The van der Waals surface area contributed by atoms with Gasteiger partial charge in [-0.1, -0.05) is 111 Å². The Hall–Kier alpha value is -3.12. The van der Waals surface area contributed by atoms with E-state index in [9.17, 15) is 0 Å².